The molecular formula is C58H112O6. The van der Waals surface area contributed by atoms with Gasteiger partial charge in [-0.1, -0.05) is 285 Å². The van der Waals surface area contributed by atoms with Crippen molar-refractivity contribution in [2.75, 3.05) is 13.2 Å². The van der Waals surface area contributed by atoms with E-state index in [0.29, 0.717) is 19.3 Å². The Bertz CT molecular complexity index is 978. The topological polar surface area (TPSA) is 78.9 Å². The Morgan fingerprint density at radius 3 is 0.766 bits per heavy atom. The van der Waals surface area contributed by atoms with Gasteiger partial charge in [-0.3, -0.25) is 14.4 Å². The molecule has 0 aliphatic carbocycles. The van der Waals surface area contributed by atoms with Crippen molar-refractivity contribution >= 4 is 17.9 Å². The second-order valence-electron chi connectivity index (χ2n) is 20.9. The molecule has 64 heavy (non-hydrogen) atoms. The summed E-state index contributed by atoms with van der Waals surface area (Å²) in [5.74, 6) is 0.860. The van der Waals surface area contributed by atoms with Crippen molar-refractivity contribution < 1.29 is 28.6 Å². The highest BCUT2D eigenvalue weighted by atomic mass is 16.6. The summed E-state index contributed by atoms with van der Waals surface area (Å²) in [5, 5.41) is 0. The first-order valence-electron chi connectivity index (χ1n) is 28.7. The molecule has 0 saturated carbocycles. The minimum Gasteiger partial charge on any atom is -0.462 e. The maximum atomic E-state index is 12.8. The summed E-state index contributed by atoms with van der Waals surface area (Å²) in [6.07, 6.45) is 54.0. The lowest BCUT2D eigenvalue weighted by molar-refractivity contribution is -0.167. The molecule has 0 amide bonds. The summed E-state index contributed by atoms with van der Waals surface area (Å²) >= 11 is 0. The second kappa shape index (κ2) is 50.8. The lowest BCUT2D eigenvalue weighted by atomic mass is 10.0. The lowest BCUT2D eigenvalue weighted by Gasteiger charge is -2.18. The molecule has 0 aliphatic rings. The molecule has 0 N–H and O–H groups in total. The summed E-state index contributed by atoms with van der Waals surface area (Å²) in [4.78, 5) is 37.9. The van der Waals surface area contributed by atoms with Gasteiger partial charge in [0.1, 0.15) is 13.2 Å². The largest absolute Gasteiger partial charge is 0.462 e. The molecular weight excluding hydrogens is 793 g/mol. The predicted molar refractivity (Wildman–Crippen MR) is 275 cm³/mol. The van der Waals surface area contributed by atoms with Crippen LogP contribution in [0.4, 0.5) is 0 Å². The molecule has 6 heteroatoms. The molecule has 0 unspecified atom stereocenters. The number of rotatable bonds is 52. The molecule has 0 heterocycles. The number of hydrogen-bond donors (Lipinski definition) is 0. The van der Waals surface area contributed by atoms with Crippen LogP contribution in [-0.4, -0.2) is 37.2 Å². The third kappa shape index (κ3) is 51.4. The predicted octanol–water partition coefficient (Wildman–Crippen LogP) is 18.9. The molecule has 0 aromatic carbocycles. The van der Waals surface area contributed by atoms with Gasteiger partial charge in [-0.15, -0.1) is 0 Å². The molecule has 6 nitrogen and oxygen atoms in total. The zero-order valence-corrected chi connectivity index (χ0v) is 43.9. The summed E-state index contributed by atoms with van der Waals surface area (Å²) in [6.45, 7) is 11.4. The van der Waals surface area contributed by atoms with Gasteiger partial charge < -0.3 is 14.2 Å². The summed E-state index contributed by atoms with van der Waals surface area (Å²) < 4.78 is 16.8. The van der Waals surface area contributed by atoms with E-state index in [4.69, 9.17) is 14.2 Å². The number of ether oxygens (including phenoxy) is 3. The zero-order chi connectivity index (χ0) is 46.8. The summed E-state index contributed by atoms with van der Waals surface area (Å²) in [5.41, 5.74) is 0. The molecule has 0 aliphatic heterocycles. The van der Waals surface area contributed by atoms with E-state index >= 15 is 0 Å². The fourth-order valence-electron chi connectivity index (χ4n) is 8.87. The van der Waals surface area contributed by atoms with E-state index in [1.54, 1.807) is 0 Å². The van der Waals surface area contributed by atoms with E-state index in [1.165, 1.54) is 212 Å². The maximum absolute atomic E-state index is 12.8. The van der Waals surface area contributed by atoms with Gasteiger partial charge in [0.15, 0.2) is 6.10 Å². The number of carbonyl (C=O) groups is 3. The van der Waals surface area contributed by atoms with Crippen molar-refractivity contribution in [2.24, 2.45) is 11.8 Å². The third-order valence-corrected chi connectivity index (χ3v) is 13.2. The molecule has 0 radical (unpaired) electrons. The highest BCUT2D eigenvalue weighted by Crippen LogP contribution is 2.18. The first-order valence-corrected chi connectivity index (χ1v) is 28.7. The van der Waals surface area contributed by atoms with Crippen LogP contribution >= 0.6 is 0 Å². The van der Waals surface area contributed by atoms with Gasteiger partial charge >= 0.3 is 17.9 Å². The molecule has 0 aromatic rings. The molecule has 1 atom stereocenters. The SMILES string of the molecule is CCCCCCCCCC(=O)OC[C@@H](COC(=O)CCCCCCCCCCCCCCCCCC(C)C)OC(=O)CCCCCCCCCCCCCCCCCCCCC(C)C. The Morgan fingerprint density at radius 2 is 0.516 bits per heavy atom. The summed E-state index contributed by atoms with van der Waals surface area (Å²) in [7, 11) is 0. The van der Waals surface area contributed by atoms with Crippen LogP contribution in [0.3, 0.4) is 0 Å². The Labute approximate surface area is 399 Å². The molecule has 380 valence electrons. The normalized spacial score (nSPS) is 12.0. The van der Waals surface area contributed by atoms with Gasteiger partial charge in [0.05, 0.1) is 0 Å². The molecule has 0 fully saturated rings. The Kier molecular flexibility index (Phi) is 49.6. The first kappa shape index (κ1) is 62.4. The van der Waals surface area contributed by atoms with Crippen molar-refractivity contribution in [3.63, 3.8) is 0 Å². The van der Waals surface area contributed by atoms with Gasteiger partial charge in [0, 0.05) is 19.3 Å². The van der Waals surface area contributed by atoms with Gasteiger partial charge in [-0.2, -0.15) is 0 Å². The van der Waals surface area contributed by atoms with Gasteiger partial charge in [0.2, 0.25) is 0 Å². The van der Waals surface area contributed by atoms with E-state index in [-0.39, 0.29) is 31.1 Å². The van der Waals surface area contributed by atoms with E-state index in [9.17, 15) is 14.4 Å². The smallest absolute Gasteiger partial charge is 0.306 e. The van der Waals surface area contributed by atoms with Crippen LogP contribution in [0.5, 0.6) is 0 Å². The highest BCUT2D eigenvalue weighted by molar-refractivity contribution is 5.71. The van der Waals surface area contributed by atoms with Crippen molar-refractivity contribution in [3.8, 4) is 0 Å². The van der Waals surface area contributed by atoms with Crippen LogP contribution in [-0.2, 0) is 28.6 Å². The first-order chi connectivity index (χ1) is 31.2. The van der Waals surface area contributed by atoms with Gasteiger partial charge in [-0.05, 0) is 31.1 Å². The molecule has 0 aromatic heterocycles. The van der Waals surface area contributed by atoms with Crippen molar-refractivity contribution in [1.82, 2.24) is 0 Å². The minimum absolute atomic E-state index is 0.0631. The number of hydrogen-bond acceptors (Lipinski definition) is 6. The van der Waals surface area contributed by atoms with Gasteiger partial charge in [0.25, 0.3) is 0 Å². The monoisotopic (exact) mass is 905 g/mol. The maximum Gasteiger partial charge on any atom is 0.306 e. The number of unbranched alkanes of at least 4 members (excludes halogenated alkanes) is 37. The standard InChI is InChI=1S/C58H112O6/c1-6-7-8-9-31-38-43-48-56(59)62-51-55(52-63-57(60)49-44-39-34-29-25-21-18-14-16-20-24-28-33-37-42-47-54(4)5)64-58(61)50-45-40-35-30-26-22-17-13-11-10-12-15-19-23-27-32-36-41-46-53(2)3/h53-55H,6-52H2,1-5H3/t55-/m0/s1. The number of esters is 3. The Hall–Kier alpha value is -1.59. The van der Waals surface area contributed by atoms with Crippen molar-refractivity contribution in [2.45, 2.75) is 330 Å². The Morgan fingerprint density at radius 1 is 0.297 bits per heavy atom. The van der Waals surface area contributed by atoms with Crippen molar-refractivity contribution in [3.05, 3.63) is 0 Å². The van der Waals surface area contributed by atoms with Crippen LogP contribution < -0.4 is 0 Å². The molecule has 0 saturated heterocycles. The average Bonchev–Trinajstić information content (AvgIpc) is 3.27. The molecule has 0 rings (SSSR count). The third-order valence-electron chi connectivity index (χ3n) is 13.2. The molecule has 0 bridgehead atoms. The van der Waals surface area contributed by atoms with Crippen molar-refractivity contribution in [1.29, 1.82) is 0 Å². The van der Waals surface area contributed by atoms with E-state index < -0.39 is 6.10 Å². The lowest BCUT2D eigenvalue weighted by Crippen LogP contribution is -2.30. The van der Waals surface area contributed by atoms with Gasteiger partial charge in [-0.25, -0.2) is 0 Å². The van der Waals surface area contributed by atoms with Crippen LogP contribution in [0.2, 0.25) is 0 Å². The average molecular weight is 906 g/mol. The van der Waals surface area contributed by atoms with E-state index in [2.05, 4.69) is 34.6 Å². The number of carbonyl (C=O) groups excluding carboxylic acids is 3. The van der Waals surface area contributed by atoms with Crippen LogP contribution in [0.25, 0.3) is 0 Å². The Balaban J connectivity index is 4.13. The second-order valence-corrected chi connectivity index (χ2v) is 20.9. The van der Waals surface area contributed by atoms with Crippen LogP contribution in [0.15, 0.2) is 0 Å². The quantitative estimate of drug-likeness (QED) is 0.0344. The molecule has 0 spiro atoms. The zero-order valence-electron chi connectivity index (χ0n) is 43.9. The fourth-order valence-corrected chi connectivity index (χ4v) is 8.87. The van der Waals surface area contributed by atoms with Crippen LogP contribution in [0, 0.1) is 11.8 Å². The van der Waals surface area contributed by atoms with E-state index in [1.807, 2.05) is 0 Å². The van der Waals surface area contributed by atoms with E-state index in [0.717, 1.165) is 69.6 Å². The van der Waals surface area contributed by atoms with Crippen LogP contribution in [0.1, 0.15) is 324 Å². The minimum atomic E-state index is -0.761. The fraction of sp³-hybridized carbons (Fsp3) is 0.948. The summed E-state index contributed by atoms with van der Waals surface area (Å²) in [6, 6.07) is 0. The highest BCUT2D eigenvalue weighted by Gasteiger charge is 2.19.